The van der Waals surface area contributed by atoms with E-state index in [-0.39, 0.29) is 11.8 Å². The summed E-state index contributed by atoms with van der Waals surface area (Å²) >= 11 is 0. The van der Waals surface area contributed by atoms with Crippen LogP contribution < -0.4 is 4.74 Å². The van der Waals surface area contributed by atoms with E-state index in [4.69, 9.17) is 4.74 Å². The van der Waals surface area contributed by atoms with Gasteiger partial charge >= 0.3 is 0 Å². The van der Waals surface area contributed by atoms with Crippen LogP contribution in [0, 0.1) is 5.92 Å². The monoisotopic (exact) mass is 372 g/mol. The van der Waals surface area contributed by atoms with Gasteiger partial charge in [0.2, 0.25) is 5.91 Å². The quantitative estimate of drug-likeness (QED) is 0.810. The molecule has 0 unspecified atom stereocenters. The first kappa shape index (κ1) is 19.7. The van der Waals surface area contributed by atoms with Crippen LogP contribution in [-0.2, 0) is 4.79 Å². The maximum absolute atomic E-state index is 13.2. The third-order valence-electron chi connectivity index (χ3n) is 5.92. The second kappa shape index (κ2) is 8.77. The van der Waals surface area contributed by atoms with Gasteiger partial charge in [0.25, 0.3) is 5.91 Å². The van der Waals surface area contributed by atoms with Gasteiger partial charge < -0.3 is 14.5 Å². The number of benzene rings is 1. The lowest BCUT2D eigenvalue weighted by atomic mass is 9.99. The molecule has 1 saturated heterocycles. The fourth-order valence-corrected chi connectivity index (χ4v) is 4.19. The molecule has 0 atom stereocenters. The molecule has 0 bridgehead atoms. The van der Waals surface area contributed by atoms with E-state index in [1.165, 1.54) is 12.8 Å². The van der Waals surface area contributed by atoms with Gasteiger partial charge in [-0.05, 0) is 42.9 Å². The van der Waals surface area contributed by atoms with E-state index in [9.17, 15) is 9.59 Å². The zero-order valence-corrected chi connectivity index (χ0v) is 16.9. The van der Waals surface area contributed by atoms with Crippen LogP contribution >= 0.6 is 0 Å². The smallest absolute Gasteiger partial charge is 0.257 e. The van der Waals surface area contributed by atoms with E-state index in [1.54, 1.807) is 7.11 Å². The number of hydrogen-bond acceptors (Lipinski definition) is 3. The first-order valence-electron chi connectivity index (χ1n) is 10.3. The third kappa shape index (κ3) is 4.45. The fourth-order valence-electron chi connectivity index (χ4n) is 4.19. The van der Waals surface area contributed by atoms with Gasteiger partial charge in [0, 0.05) is 32.1 Å². The minimum Gasteiger partial charge on any atom is -0.496 e. The summed E-state index contributed by atoms with van der Waals surface area (Å²) in [7, 11) is 1.60. The summed E-state index contributed by atoms with van der Waals surface area (Å²) in [5.41, 5.74) is 1.76. The molecule has 2 fully saturated rings. The topological polar surface area (TPSA) is 49.9 Å². The van der Waals surface area contributed by atoms with Crippen LogP contribution in [0.4, 0.5) is 0 Å². The summed E-state index contributed by atoms with van der Waals surface area (Å²) in [5.74, 6) is 1.47. The van der Waals surface area contributed by atoms with Crippen LogP contribution in [0.15, 0.2) is 18.2 Å². The summed E-state index contributed by atoms with van der Waals surface area (Å²) in [4.78, 5) is 29.8. The highest BCUT2D eigenvalue weighted by Crippen LogP contribution is 2.28. The molecule has 0 radical (unpaired) electrons. The van der Waals surface area contributed by atoms with E-state index in [2.05, 4.69) is 13.8 Å². The minimum atomic E-state index is 0.00418. The molecule has 5 heteroatoms. The largest absolute Gasteiger partial charge is 0.496 e. The van der Waals surface area contributed by atoms with Gasteiger partial charge in [0.15, 0.2) is 0 Å². The van der Waals surface area contributed by atoms with Crippen LogP contribution in [0.25, 0.3) is 0 Å². The van der Waals surface area contributed by atoms with E-state index < -0.39 is 0 Å². The molecule has 0 spiro atoms. The number of carbonyl (C=O) groups excluding carboxylic acids is 2. The van der Waals surface area contributed by atoms with Crippen LogP contribution in [0.2, 0.25) is 0 Å². The molecule has 148 valence electrons. The molecule has 1 saturated carbocycles. The molecule has 1 aromatic rings. The normalized spacial score (nSPS) is 18.7. The van der Waals surface area contributed by atoms with Crippen molar-refractivity contribution >= 4 is 11.8 Å². The van der Waals surface area contributed by atoms with Gasteiger partial charge in [0.1, 0.15) is 5.75 Å². The molecule has 2 aliphatic rings. The Bertz CT molecular complexity index is 680. The third-order valence-corrected chi connectivity index (χ3v) is 5.92. The standard InChI is InChI=1S/C22H32N2O3/c1-16(2)18-9-10-20(27-3)19(15-18)22(26)24-12-6-11-23(13-14-24)21(25)17-7-4-5-8-17/h9-10,15-17H,4-8,11-14H2,1-3H3. The highest BCUT2D eigenvalue weighted by Gasteiger charge is 2.30. The Kier molecular flexibility index (Phi) is 6.40. The Labute approximate surface area is 162 Å². The van der Waals surface area contributed by atoms with Crippen molar-refractivity contribution in [2.45, 2.75) is 51.9 Å². The van der Waals surface area contributed by atoms with Gasteiger partial charge in [0.05, 0.1) is 12.7 Å². The first-order valence-corrected chi connectivity index (χ1v) is 10.3. The summed E-state index contributed by atoms with van der Waals surface area (Å²) in [6.07, 6.45) is 5.21. The summed E-state index contributed by atoms with van der Waals surface area (Å²) in [5, 5.41) is 0. The van der Waals surface area contributed by atoms with Gasteiger partial charge in [-0.25, -0.2) is 0 Å². The Balaban J connectivity index is 1.70. The van der Waals surface area contributed by atoms with Crippen LogP contribution in [0.5, 0.6) is 5.75 Å². The van der Waals surface area contributed by atoms with E-state index in [0.29, 0.717) is 42.8 Å². The Morgan fingerprint density at radius 3 is 2.33 bits per heavy atom. The van der Waals surface area contributed by atoms with Crippen molar-refractivity contribution < 1.29 is 14.3 Å². The molecule has 0 N–H and O–H groups in total. The molecule has 5 nitrogen and oxygen atoms in total. The average molecular weight is 373 g/mol. The molecular weight excluding hydrogens is 340 g/mol. The Morgan fingerprint density at radius 1 is 1.00 bits per heavy atom. The molecule has 1 aliphatic carbocycles. The average Bonchev–Trinajstić information content (AvgIpc) is 3.11. The molecule has 1 aliphatic heterocycles. The summed E-state index contributed by atoms with van der Waals surface area (Å²) < 4.78 is 5.44. The van der Waals surface area contributed by atoms with Crippen LogP contribution in [0.3, 0.4) is 0 Å². The minimum absolute atomic E-state index is 0.00418. The van der Waals surface area contributed by atoms with Crippen molar-refractivity contribution in [3.8, 4) is 5.75 Å². The molecular formula is C22H32N2O3. The molecule has 3 rings (SSSR count). The Hall–Kier alpha value is -2.04. The molecule has 2 amide bonds. The van der Waals surface area contributed by atoms with Crippen molar-refractivity contribution in [3.63, 3.8) is 0 Å². The van der Waals surface area contributed by atoms with Crippen molar-refractivity contribution in [2.75, 3.05) is 33.3 Å². The van der Waals surface area contributed by atoms with Crippen molar-refractivity contribution in [2.24, 2.45) is 5.92 Å². The van der Waals surface area contributed by atoms with Crippen LogP contribution in [-0.4, -0.2) is 54.9 Å². The van der Waals surface area contributed by atoms with E-state index in [0.717, 1.165) is 31.4 Å². The number of hydrogen-bond donors (Lipinski definition) is 0. The van der Waals surface area contributed by atoms with E-state index >= 15 is 0 Å². The SMILES string of the molecule is COc1ccc(C(C)C)cc1C(=O)N1CCCN(C(=O)C2CCCC2)CC1. The number of methoxy groups -OCH3 is 1. The maximum Gasteiger partial charge on any atom is 0.257 e. The number of carbonyl (C=O) groups is 2. The highest BCUT2D eigenvalue weighted by atomic mass is 16.5. The lowest BCUT2D eigenvalue weighted by molar-refractivity contribution is -0.135. The summed E-state index contributed by atoms with van der Waals surface area (Å²) in [6, 6.07) is 5.86. The zero-order chi connectivity index (χ0) is 19.4. The van der Waals surface area contributed by atoms with Crippen molar-refractivity contribution in [1.82, 2.24) is 9.80 Å². The molecule has 0 aromatic heterocycles. The van der Waals surface area contributed by atoms with Gasteiger partial charge in [-0.3, -0.25) is 9.59 Å². The number of nitrogens with zero attached hydrogens (tertiary/aromatic N) is 2. The lowest BCUT2D eigenvalue weighted by Gasteiger charge is -2.25. The Morgan fingerprint density at radius 2 is 1.67 bits per heavy atom. The van der Waals surface area contributed by atoms with Crippen molar-refractivity contribution in [1.29, 1.82) is 0 Å². The lowest BCUT2D eigenvalue weighted by Crippen LogP contribution is -2.39. The molecule has 27 heavy (non-hydrogen) atoms. The predicted octanol–water partition coefficient (Wildman–Crippen LogP) is 3.68. The van der Waals surface area contributed by atoms with Crippen molar-refractivity contribution in [3.05, 3.63) is 29.3 Å². The van der Waals surface area contributed by atoms with Gasteiger partial charge in [-0.15, -0.1) is 0 Å². The van der Waals surface area contributed by atoms with Crippen LogP contribution in [0.1, 0.15) is 67.8 Å². The maximum atomic E-state index is 13.2. The highest BCUT2D eigenvalue weighted by molar-refractivity contribution is 5.97. The van der Waals surface area contributed by atoms with E-state index in [1.807, 2.05) is 28.0 Å². The molecule has 1 heterocycles. The first-order chi connectivity index (χ1) is 13.0. The number of ether oxygens (including phenoxy) is 1. The number of amides is 2. The second-order valence-electron chi connectivity index (χ2n) is 8.07. The number of rotatable bonds is 4. The second-order valence-corrected chi connectivity index (χ2v) is 8.07. The predicted molar refractivity (Wildman–Crippen MR) is 106 cm³/mol. The van der Waals surface area contributed by atoms with Gasteiger partial charge in [-0.1, -0.05) is 32.8 Å². The fraction of sp³-hybridized carbons (Fsp3) is 0.636. The van der Waals surface area contributed by atoms with Gasteiger partial charge in [-0.2, -0.15) is 0 Å². The zero-order valence-electron chi connectivity index (χ0n) is 16.9. The molecule has 1 aromatic carbocycles. The summed E-state index contributed by atoms with van der Waals surface area (Å²) in [6.45, 7) is 6.90.